The number of nitrogens with zero attached hydrogens (tertiary/aromatic N) is 2. The zero-order chi connectivity index (χ0) is 14.8. The first kappa shape index (κ1) is 13.9. The second-order valence-corrected chi connectivity index (χ2v) is 6.00. The van der Waals surface area contributed by atoms with Crippen LogP contribution in [0.1, 0.15) is 16.7 Å². The first-order valence-corrected chi connectivity index (χ1v) is 7.57. The molecule has 0 saturated heterocycles. The Morgan fingerprint density at radius 3 is 2.71 bits per heavy atom. The zero-order valence-electron chi connectivity index (χ0n) is 11.5. The Morgan fingerprint density at radius 2 is 1.95 bits per heavy atom. The largest absolute Gasteiger partial charge is 0.409 e. The van der Waals surface area contributed by atoms with Crippen LogP contribution in [0, 0.1) is 0 Å². The molecule has 0 radical (unpaired) electrons. The summed E-state index contributed by atoms with van der Waals surface area (Å²) >= 11 is 3.43. The lowest BCUT2D eigenvalue weighted by atomic mass is 9.98. The van der Waals surface area contributed by atoms with E-state index >= 15 is 0 Å². The lowest BCUT2D eigenvalue weighted by Gasteiger charge is -2.32. The van der Waals surface area contributed by atoms with E-state index in [9.17, 15) is 0 Å². The number of hydrogen-bond acceptors (Lipinski definition) is 3. The maximum Gasteiger partial charge on any atom is 0.172 e. The number of benzene rings is 2. The number of oxime groups is 1. The molecule has 0 amide bonds. The van der Waals surface area contributed by atoms with E-state index in [1.54, 1.807) is 0 Å². The van der Waals surface area contributed by atoms with Crippen LogP contribution in [0.4, 0.5) is 5.69 Å². The molecule has 2 aromatic rings. The fourth-order valence-corrected chi connectivity index (χ4v) is 3.11. The predicted molar refractivity (Wildman–Crippen MR) is 87.8 cm³/mol. The van der Waals surface area contributed by atoms with E-state index in [2.05, 4.69) is 50.3 Å². The average molecular weight is 346 g/mol. The van der Waals surface area contributed by atoms with E-state index in [0.717, 1.165) is 35.2 Å². The Labute approximate surface area is 132 Å². The average Bonchev–Trinajstić information content (AvgIpc) is 2.53. The van der Waals surface area contributed by atoms with Gasteiger partial charge in [-0.1, -0.05) is 45.4 Å². The van der Waals surface area contributed by atoms with Crippen molar-refractivity contribution in [2.75, 3.05) is 11.4 Å². The number of amidine groups is 1. The van der Waals surface area contributed by atoms with Crippen LogP contribution >= 0.6 is 15.9 Å². The van der Waals surface area contributed by atoms with E-state index in [-0.39, 0.29) is 5.84 Å². The summed E-state index contributed by atoms with van der Waals surface area (Å²) in [4.78, 5) is 2.27. The highest BCUT2D eigenvalue weighted by Gasteiger charge is 2.19. The summed E-state index contributed by atoms with van der Waals surface area (Å²) in [6.07, 6.45) is 1.00. The van der Waals surface area contributed by atoms with E-state index in [0.29, 0.717) is 0 Å². The molecule has 0 aliphatic carbocycles. The van der Waals surface area contributed by atoms with Gasteiger partial charge in [0.05, 0.1) is 0 Å². The smallest absolute Gasteiger partial charge is 0.172 e. The molecule has 0 aromatic heterocycles. The van der Waals surface area contributed by atoms with Gasteiger partial charge < -0.3 is 15.8 Å². The molecule has 0 saturated carbocycles. The molecule has 108 valence electrons. The highest BCUT2D eigenvalue weighted by molar-refractivity contribution is 9.10. The van der Waals surface area contributed by atoms with Gasteiger partial charge in [-0.2, -0.15) is 0 Å². The van der Waals surface area contributed by atoms with Crippen LogP contribution in [0.15, 0.2) is 52.1 Å². The van der Waals surface area contributed by atoms with Gasteiger partial charge in [0, 0.05) is 28.8 Å². The van der Waals surface area contributed by atoms with Crippen molar-refractivity contribution in [2.45, 2.75) is 13.0 Å². The molecule has 1 aliphatic rings. The van der Waals surface area contributed by atoms with Gasteiger partial charge in [0.1, 0.15) is 0 Å². The van der Waals surface area contributed by atoms with Gasteiger partial charge in [0.15, 0.2) is 5.84 Å². The van der Waals surface area contributed by atoms with Crippen LogP contribution < -0.4 is 10.6 Å². The minimum Gasteiger partial charge on any atom is -0.409 e. The van der Waals surface area contributed by atoms with Crippen LogP contribution in [0.25, 0.3) is 0 Å². The van der Waals surface area contributed by atoms with Gasteiger partial charge in [0.2, 0.25) is 0 Å². The summed E-state index contributed by atoms with van der Waals surface area (Å²) in [6.45, 7) is 1.76. The minimum absolute atomic E-state index is 0.130. The summed E-state index contributed by atoms with van der Waals surface area (Å²) in [5.74, 6) is 0.130. The van der Waals surface area contributed by atoms with Crippen LogP contribution in [0.2, 0.25) is 0 Å². The lowest BCUT2D eigenvalue weighted by Crippen LogP contribution is -2.32. The summed E-state index contributed by atoms with van der Waals surface area (Å²) in [5, 5.41) is 12.1. The molecule has 0 fully saturated rings. The molecular formula is C16H16BrN3O. The Bertz CT molecular complexity index is 700. The Kier molecular flexibility index (Phi) is 3.84. The van der Waals surface area contributed by atoms with Crippen molar-refractivity contribution in [2.24, 2.45) is 10.9 Å². The summed E-state index contributed by atoms with van der Waals surface area (Å²) in [7, 11) is 0. The summed E-state index contributed by atoms with van der Waals surface area (Å²) in [5.41, 5.74) is 10.3. The molecule has 3 rings (SSSR count). The molecular weight excluding hydrogens is 330 g/mol. The van der Waals surface area contributed by atoms with E-state index in [4.69, 9.17) is 10.9 Å². The van der Waals surface area contributed by atoms with Gasteiger partial charge in [-0.05, 0) is 35.7 Å². The maximum atomic E-state index is 8.99. The normalized spacial score (nSPS) is 14.9. The monoisotopic (exact) mass is 345 g/mol. The number of rotatable bonds is 2. The third-order valence-corrected chi connectivity index (χ3v) is 4.31. The standard InChI is InChI=1S/C16H16BrN3O/c17-13-5-6-15(14(9-13)16(18)19-21)20-8-7-11-3-1-2-4-12(11)10-20/h1-6,9,21H,7-8,10H2,(H2,18,19). The summed E-state index contributed by atoms with van der Waals surface area (Å²) < 4.78 is 0.908. The Morgan fingerprint density at radius 1 is 1.19 bits per heavy atom. The highest BCUT2D eigenvalue weighted by Crippen LogP contribution is 2.29. The quantitative estimate of drug-likeness (QED) is 0.380. The third kappa shape index (κ3) is 2.74. The van der Waals surface area contributed by atoms with Crippen molar-refractivity contribution in [3.05, 3.63) is 63.6 Å². The zero-order valence-corrected chi connectivity index (χ0v) is 13.0. The van der Waals surface area contributed by atoms with Crippen molar-refractivity contribution in [3.63, 3.8) is 0 Å². The lowest BCUT2D eigenvalue weighted by molar-refractivity contribution is 0.318. The molecule has 2 aromatic carbocycles. The van der Waals surface area contributed by atoms with Crippen molar-refractivity contribution in [1.82, 2.24) is 0 Å². The van der Waals surface area contributed by atoms with Gasteiger partial charge in [-0.25, -0.2) is 0 Å². The Hall–Kier alpha value is -2.01. The van der Waals surface area contributed by atoms with Gasteiger partial charge in [0.25, 0.3) is 0 Å². The van der Waals surface area contributed by atoms with Crippen LogP contribution in [-0.2, 0) is 13.0 Å². The van der Waals surface area contributed by atoms with Crippen LogP contribution in [-0.4, -0.2) is 17.6 Å². The van der Waals surface area contributed by atoms with Gasteiger partial charge in [-0.3, -0.25) is 0 Å². The second-order valence-electron chi connectivity index (χ2n) is 5.09. The fraction of sp³-hybridized carbons (Fsp3) is 0.188. The van der Waals surface area contributed by atoms with Crippen molar-refractivity contribution < 1.29 is 5.21 Å². The maximum absolute atomic E-state index is 8.99. The number of halogens is 1. The van der Waals surface area contributed by atoms with Crippen LogP contribution in [0.5, 0.6) is 0 Å². The SMILES string of the molecule is N/C(=N/O)c1cc(Br)ccc1N1CCc2ccccc2C1. The highest BCUT2D eigenvalue weighted by atomic mass is 79.9. The topological polar surface area (TPSA) is 61.9 Å². The molecule has 0 bridgehead atoms. The first-order chi connectivity index (χ1) is 10.2. The number of anilines is 1. The first-order valence-electron chi connectivity index (χ1n) is 6.78. The molecule has 0 spiro atoms. The van der Waals surface area contributed by atoms with Crippen molar-refractivity contribution in [3.8, 4) is 0 Å². The third-order valence-electron chi connectivity index (χ3n) is 3.81. The number of hydrogen-bond donors (Lipinski definition) is 2. The van der Waals surface area contributed by atoms with Gasteiger partial charge >= 0.3 is 0 Å². The van der Waals surface area contributed by atoms with Gasteiger partial charge in [-0.15, -0.1) is 0 Å². The molecule has 0 atom stereocenters. The minimum atomic E-state index is 0.130. The fourth-order valence-electron chi connectivity index (χ4n) is 2.74. The van der Waals surface area contributed by atoms with Crippen LogP contribution in [0.3, 0.4) is 0 Å². The van der Waals surface area contributed by atoms with Crippen molar-refractivity contribution >= 4 is 27.5 Å². The number of fused-ring (bicyclic) bond motifs is 1. The predicted octanol–water partition coefficient (Wildman–Crippen LogP) is 3.11. The summed E-state index contributed by atoms with van der Waals surface area (Å²) in [6, 6.07) is 14.3. The van der Waals surface area contributed by atoms with E-state index in [1.165, 1.54) is 11.1 Å². The van der Waals surface area contributed by atoms with Crippen molar-refractivity contribution in [1.29, 1.82) is 0 Å². The molecule has 0 unspecified atom stereocenters. The molecule has 5 heteroatoms. The molecule has 21 heavy (non-hydrogen) atoms. The van der Waals surface area contributed by atoms with E-state index < -0.39 is 0 Å². The number of nitrogens with two attached hydrogens (primary N) is 1. The molecule has 4 nitrogen and oxygen atoms in total. The molecule has 1 aliphatic heterocycles. The molecule has 3 N–H and O–H groups in total. The molecule has 1 heterocycles. The van der Waals surface area contributed by atoms with E-state index in [1.807, 2.05) is 18.2 Å². The Balaban J connectivity index is 1.99. The second kappa shape index (κ2) is 5.77.